The summed E-state index contributed by atoms with van der Waals surface area (Å²) >= 11 is 7.55. The molecule has 0 unspecified atom stereocenters. The summed E-state index contributed by atoms with van der Waals surface area (Å²) < 4.78 is 10.9. The van der Waals surface area contributed by atoms with Crippen molar-refractivity contribution in [3.63, 3.8) is 0 Å². The van der Waals surface area contributed by atoms with Gasteiger partial charge in [-0.2, -0.15) is 0 Å². The summed E-state index contributed by atoms with van der Waals surface area (Å²) in [4.78, 5) is 28.7. The monoisotopic (exact) mass is 406 g/mol. The second-order valence-corrected chi connectivity index (χ2v) is 7.86. The summed E-state index contributed by atoms with van der Waals surface area (Å²) in [5, 5.41) is 3.84. The lowest BCUT2D eigenvalue weighted by Gasteiger charge is -2.27. The Morgan fingerprint density at radius 3 is 2.67 bits per heavy atom. The Hall–Kier alpha value is -1.93. The van der Waals surface area contributed by atoms with E-state index in [2.05, 4.69) is 5.32 Å². The number of ether oxygens (including phenoxy) is 2. The van der Waals surface area contributed by atoms with Gasteiger partial charge < -0.3 is 19.7 Å². The molecule has 3 heterocycles. The Morgan fingerprint density at radius 2 is 1.89 bits per heavy atom. The van der Waals surface area contributed by atoms with Crippen LogP contribution in [-0.4, -0.2) is 49.6 Å². The minimum absolute atomic E-state index is 0.0628. The first-order chi connectivity index (χ1) is 13.1. The molecule has 1 aromatic carbocycles. The normalized spacial score (nSPS) is 16.7. The highest BCUT2D eigenvalue weighted by atomic mass is 35.5. The summed E-state index contributed by atoms with van der Waals surface area (Å²) in [5.41, 5.74) is 1.95. The number of hydrogen-bond acceptors (Lipinski definition) is 5. The van der Waals surface area contributed by atoms with E-state index >= 15 is 0 Å². The number of carbonyl (C=O) groups excluding carboxylic acids is 2. The van der Waals surface area contributed by atoms with Gasteiger partial charge in [0.25, 0.3) is 11.8 Å². The summed E-state index contributed by atoms with van der Waals surface area (Å²) in [6.45, 7) is 3.21. The van der Waals surface area contributed by atoms with Crippen LogP contribution in [0.1, 0.15) is 31.2 Å². The van der Waals surface area contributed by atoms with Crippen LogP contribution in [0.2, 0.25) is 5.02 Å². The fourth-order valence-corrected chi connectivity index (χ4v) is 4.68. The molecule has 8 heteroatoms. The van der Waals surface area contributed by atoms with Crippen LogP contribution in [0, 0.1) is 0 Å². The van der Waals surface area contributed by atoms with Gasteiger partial charge in [-0.3, -0.25) is 9.59 Å². The van der Waals surface area contributed by atoms with Gasteiger partial charge in [-0.05, 0) is 24.1 Å². The maximum absolute atomic E-state index is 13.2. The molecule has 2 aliphatic heterocycles. The molecule has 2 aromatic rings. The van der Waals surface area contributed by atoms with Crippen LogP contribution in [0.5, 0.6) is 0 Å². The zero-order valence-corrected chi connectivity index (χ0v) is 16.2. The molecule has 1 aromatic heterocycles. The topological polar surface area (TPSA) is 67.9 Å². The average molecular weight is 407 g/mol. The molecule has 0 aliphatic carbocycles. The number of thiophene rings is 1. The lowest BCUT2D eigenvalue weighted by Crippen LogP contribution is -2.41. The molecule has 2 aliphatic rings. The molecule has 1 N–H and O–H groups in total. The molecular weight excluding hydrogens is 388 g/mol. The van der Waals surface area contributed by atoms with Crippen LogP contribution in [0.4, 0.5) is 5.00 Å². The molecule has 27 heavy (non-hydrogen) atoms. The number of nitrogens with one attached hydrogen (secondary N) is 1. The van der Waals surface area contributed by atoms with Crippen molar-refractivity contribution in [3.8, 4) is 0 Å². The molecule has 142 valence electrons. The smallest absolute Gasteiger partial charge is 0.257 e. The Balaban J connectivity index is 1.67. The minimum atomic E-state index is -0.323. The highest BCUT2D eigenvalue weighted by Gasteiger charge is 2.30. The van der Waals surface area contributed by atoms with Gasteiger partial charge in [0.2, 0.25) is 0 Å². The lowest BCUT2D eigenvalue weighted by molar-refractivity contribution is 0.0302. The fraction of sp³-hybridized carbons (Fsp3) is 0.368. The minimum Gasteiger partial charge on any atom is -0.378 e. The molecule has 0 atom stereocenters. The average Bonchev–Trinajstić information content (AvgIpc) is 3.06. The first-order valence-electron chi connectivity index (χ1n) is 8.80. The molecule has 0 saturated carbocycles. The van der Waals surface area contributed by atoms with Crippen molar-refractivity contribution in [2.24, 2.45) is 0 Å². The third kappa shape index (κ3) is 3.73. The summed E-state index contributed by atoms with van der Waals surface area (Å²) in [7, 11) is 0. The molecule has 0 bridgehead atoms. The number of amides is 2. The molecule has 1 fully saturated rings. The maximum Gasteiger partial charge on any atom is 0.257 e. The fourth-order valence-electron chi connectivity index (χ4n) is 3.29. The van der Waals surface area contributed by atoms with Crippen LogP contribution in [0.25, 0.3) is 0 Å². The van der Waals surface area contributed by atoms with E-state index in [-0.39, 0.29) is 11.8 Å². The van der Waals surface area contributed by atoms with Crippen molar-refractivity contribution in [3.05, 3.63) is 50.9 Å². The third-order valence-electron chi connectivity index (χ3n) is 4.68. The number of carbonyl (C=O) groups is 2. The summed E-state index contributed by atoms with van der Waals surface area (Å²) in [6, 6.07) is 6.86. The van der Waals surface area contributed by atoms with Crippen molar-refractivity contribution in [1.29, 1.82) is 0 Å². The molecule has 6 nitrogen and oxygen atoms in total. The van der Waals surface area contributed by atoms with E-state index < -0.39 is 0 Å². The highest BCUT2D eigenvalue weighted by molar-refractivity contribution is 7.17. The Labute approximate surface area is 166 Å². The van der Waals surface area contributed by atoms with E-state index in [1.54, 1.807) is 29.2 Å². The van der Waals surface area contributed by atoms with Gasteiger partial charge in [-0.1, -0.05) is 23.7 Å². The van der Waals surface area contributed by atoms with Gasteiger partial charge in [-0.15, -0.1) is 11.3 Å². The van der Waals surface area contributed by atoms with E-state index in [0.29, 0.717) is 67.1 Å². The standard InChI is InChI=1S/C19H19ClN2O4S/c20-14-4-2-1-3-12(14)17(23)21-18-16(13-5-8-26-11-15(13)27-18)19(24)22-6-9-25-10-7-22/h1-4H,5-11H2,(H,21,23). The van der Waals surface area contributed by atoms with Crippen molar-refractivity contribution < 1.29 is 19.1 Å². The van der Waals surface area contributed by atoms with Gasteiger partial charge in [0.05, 0.1) is 42.6 Å². The van der Waals surface area contributed by atoms with Crippen LogP contribution in [0.3, 0.4) is 0 Å². The summed E-state index contributed by atoms with van der Waals surface area (Å²) in [5.74, 6) is -0.386. The Morgan fingerprint density at radius 1 is 1.11 bits per heavy atom. The van der Waals surface area contributed by atoms with Gasteiger partial charge in [0.15, 0.2) is 0 Å². The van der Waals surface area contributed by atoms with Crippen molar-refractivity contribution in [2.45, 2.75) is 13.0 Å². The zero-order chi connectivity index (χ0) is 18.8. The highest BCUT2D eigenvalue weighted by Crippen LogP contribution is 2.38. The third-order valence-corrected chi connectivity index (χ3v) is 6.13. The number of hydrogen-bond donors (Lipinski definition) is 1. The number of benzene rings is 1. The van der Waals surface area contributed by atoms with E-state index in [0.717, 1.165) is 10.4 Å². The molecule has 0 spiro atoms. The van der Waals surface area contributed by atoms with Gasteiger partial charge in [0.1, 0.15) is 5.00 Å². The largest absolute Gasteiger partial charge is 0.378 e. The van der Waals surface area contributed by atoms with Crippen molar-refractivity contribution in [1.82, 2.24) is 4.90 Å². The predicted molar refractivity (Wildman–Crippen MR) is 104 cm³/mol. The Kier molecular flexibility index (Phi) is 5.45. The number of morpholine rings is 1. The second-order valence-electron chi connectivity index (χ2n) is 6.35. The molecule has 1 saturated heterocycles. The van der Waals surface area contributed by atoms with Crippen molar-refractivity contribution >= 4 is 39.8 Å². The van der Waals surface area contributed by atoms with Crippen LogP contribution < -0.4 is 5.32 Å². The predicted octanol–water partition coefficient (Wildman–Crippen LogP) is 3.20. The Bertz CT molecular complexity index is 877. The lowest BCUT2D eigenvalue weighted by atomic mass is 10.0. The van der Waals surface area contributed by atoms with Crippen LogP contribution in [-0.2, 0) is 22.5 Å². The zero-order valence-electron chi connectivity index (χ0n) is 14.6. The molecular formula is C19H19ClN2O4S. The van der Waals surface area contributed by atoms with E-state index in [9.17, 15) is 9.59 Å². The maximum atomic E-state index is 13.2. The number of rotatable bonds is 3. The van der Waals surface area contributed by atoms with Crippen molar-refractivity contribution in [2.75, 3.05) is 38.2 Å². The van der Waals surface area contributed by atoms with E-state index in [4.69, 9.17) is 21.1 Å². The number of anilines is 1. The SMILES string of the molecule is O=C(Nc1sc2c(c1C(=O)N1CCOCC1)CCOC2)c1ccccc1Cl. The van der Waals surface area contributed by atoms with E-state index in [1.165, 1.54) is 11.3 Å². The quantitative estimate of drug-likeness (QED) is 0.849. The van der Waals surface area contributed by atoms with Gasteiger partial charge in [0, 0.05) is 18.0 Å². The number of nitrogens with zero attached hydrogens (tertiary/aromatic N) is 1. The van der Waals surface area contributed by atoms with Gasteiger partial charge in [-0.25, -0.2) is 0 Å². The number of fused-ring (bicyclic) bond motifs is 1. The first kappa shape index (κ1) is 18.4. The number of halogens is 1. The molecule has 0 radical (unpaired) electrons. The van der Waals surface area contributed by atoms with E-state index in [1.807, 2.05) is 0 Å². The molecule has 4 rings (SSSR count). The van der Waals surface area contributed by atoms with Crippen LogP contribution >= 0.6 is 22.9 Å². The second kappa shape index (κ2) is 7.98. The van der Waals surface area contributed by atoms with Crippen LogP contribution in [0.15, 0.2) is 24.3 Å². The first-order valence-corrected chi connectivity index (χ1v) is 10.00. The molecule has 2 amide bonds. The van der Waals surface area contributed by atoms with Gasteiger partial charge >= 0.3 is 0 Å². The summed E-state index contributed by atoms with van der Waals surface area (Å²) in [6.07, 6.45) is 0.666.